The molecule has 4 rings (SSSR count). The third-order valence-electron chi connectivity index (χ3n) is 5.67. The molecule has 0 saturated carbocycles. The van der Waals surface area contributed by atoms with E-state index in [0.29, 0.717) is 9.87 Å². The van der Waals surface area contributed by atoms with E-state index in [0.717, 1.165) is 0 Å². The minimum Gasteiger partial charge on any atom is -0.480 e. The molecule has 0 atom stereocenters. The Morgan fingerprint density at radius 2 is 1.46 bits per heavy atom. The minimum absolute atomic E-state index is 0.0637. The van der Waals surface area contributed by atoms with Crippen molar-refractivity contribution in [2.45, 2.75) is 10.6 Å². The van der Waals surface area contributed by atoms with Crippen LogP contribution < -0.4 is 14.3 Å². The fraction of sp³-hybridized carbons (Fsp3) is 0.0714. The maximum atomic E-state index is 13.4. The molecule has 3 N–H and O–H groups in total. The van der Waals surface area contributed by atoms with Crippen molar-refractivity contribution in [3.05, 3.63) is 119 Å². The van der Waals surface area contributed by atoms with Gasteiger partial charge in [-0.3, -0.25) is 18.6 Å². The van der Waals surface area contributed by atoms with Gasteiger partial charge >= 0.3 is 5.97 Å². The van der Waals surface area contributed by atoms with Crippen molar-refractivity contribution in [3.63, 3.8) is 0 Å². The minimum atomic E-state index is -4.36. The largest absolute Gasteiger partial charge is 0.480 e. The van der Waals surface area contributed by atoms with Gasteiger partial charge in [0.2, 0.25) is 10.0 Å². The zero-order valence-electron chi connectivity index (χ0n) is 21.3. The molecule has 13 heteroatoms. The van der Waals surface area contributed by atoms with Crippen LogP contribution in [0.5, 0.6) is 0 Å². The summed E-state index contributed by atoms with van der Waals surface area (Å²) in [6.45, 7) is -0.847. The number of carbonyl (C=O) groups excluding carboxylic acids is 1. The van der Waals surface area contributed by atoms with Gasteiger partial charge in [0.05, 0.1) is 16.3 Å². The van der Waals surface area contributed by atoms with Gasteiger partial charge in [0, 0.05) is 22.0 Å². The Kier molecular flexibility index (Phi) is 8.96. The molecule has 0 bridgehead atoms. The number of hydrogen-bond donors (Lipinski definition) is 3. The molecule has 0 saturated heterocycles. The molecule has 10 nitrogen and oxygen atoms in total. The summed E-state index contributed by atoms with van der Waals surface area (Å²) in [5.74, 6) is -2.16. The Morgan fingerprint density at radius 3 is 2.12 bits per heavy atom. The Bertz CT molecular complexity index is 1780. The highest BCUT2D eigenvalue weighted by molar-refractivity contribution is 7.93. The fourth-order valence-electron chi connectivity index (χ4n) is 3.83. The lowest BCUT2D eigenvalue weighted by Gasteiger charge is -2.23. The molecule has 4 aromatic rings. The zero-order valence-corrected chi connectivity index (χ0v) is 23.7. The van der Waals surface area contributed by atoms with Crippen LogP contribution >= 0.6 is 11.6 Å². The maximum Gasteiger partial charge on any atom is 0.324 e. The summed E-state index contributed by atoms with van der Waals surface area (Å²) in [7, 11) is -8.04. The van der Waals surface area contributed by atoms with Gasteiger partial charge in [0.25, 0.3) is 15.9 Å². The number of hydrogen-bond acceptors (Lipinski definition) is 6. The molecule has 212 valence electrons. The maximum absolute atomic E-state index is 13.4. The highest BCUT2D eigenvalue weighted by atomic mass is 35.5. The molecule has 0 aromatic heterocycles. The number of rotatable bonds is 11. The van der Waals surface area contributed by atoms with Crippen LogP contribution in [0, 0.1) is 0 Å². The summed E-state index contributed by atoms with van der Waals surface area (Å²) in [4.78, 5) is 24.1. The predicted octanol–water partition coefficient (Wildman–Crippen LogP) is 4.81. The van der Waals surface area contributed by atoms with E-state index in [9.17, 15) is 31.5 Å². The van der Waals surface area contributed by atoms with Crippen LogP contribution in [0.25, 0.3) is 0 Å². The predicted molar refractivity (Wildman–Crippen MR) is 157 cm³/mol. The zero-order chi connectivity index (χ0) is 29.6. The number of halogens is 1. The lowest BCUT2D eigenvalue weighted by Crippen LogP contribution is -2.35. The summed E-state index contributed by atoms with van der Waals surface area (Å²) in [6.07, 6.45) is 0. The van der Waals surface area contributed by atoms with Gasteiger partial charge in [-0.15, -0.1) is 0 Å². The first-order chi connectivity index (χ1) is 19.4. The van der Waals surface area contributed by atoms with E-state index >= 15 is 0 Å². The average Bonchev–Trinajstić information content (AvgIpc) is 2.92. The van der Waals surface area contributed by atoms with Gasteiger partial charge in [-0.1, -0.05) is 54.1 Å². The molecule has 0 radical (unpaired) electrons. The van der Waals surface area contributed by atoms with E-state index in [4.69, 9.17) is 11.6 Å². The number of sulfonamides is 2. The van der Waals surface area contributed by atoms with Gasteiger partial charge in [-0.05, 0) is 66.2 Å². The normalized spacial score (nSPS) is 11.4. The summed E-state index contributed by atoms with van der Waals surface area (Å²) in [5.41, 5.74) is 1.29. The molecule has 0 aliphatic heterocycles. The standard InChI is InChI=1S/C28H24ClN3O7S2/c29-22-8-4-10-25(16-22)32(18-27(33)34)41(38,39)26-11-5-9-24(17-26)30-28(35)21-12-14-23(15-13-21)31-40(36,37)19-20-6-2-1-3-7-20/h1-17,31H,18-19H2,(H,30,35)(H,33,34). The van der Waals surface area contributed by atoms with Crippen molar-refractivity contribution >= 4 is 60.6 Å². The quantitative estimate of drug-likeness (QED) is 0.220. The fourth-order valence-corrected chi connectivity index (χ4v) is 6.67. The van der Waals surface area contributed by atoms with E-state index in [1.807, 2.05) is 0 Å². The van der Waals surface area contributed by atoms with Crippen LogP contribution in [0.1, 0.15) is 15.9 Å². The van der Waals surface area contributed by atoms with E-state index in [2.05, 4.69) is 10.0 Å². The summed E-state index contributed by atoms with van der Waals surface area (Å²) in [6, 6.07) is 25.5. The molecule has 0 heterocycles. The Morgan fingerprint density at radius 1 is 0.780 bits per heavy atom. The Balaban J connectivity index is 1.49. The summed E-state index contributed by atoms with van der Waals surface area (Å²) >= 11 is 5.99. The smallest absolute Gasteiger partial charge is 0.324 e. The van der Waals surface area contributed by atoms with Crippen LogP contribution in [0.3, 0.4) is 0 Å². The second kappa shape index (κ2) is 12.4. The van der Waals surface area contributed by atoms with Crippen LogP contribution in [0.2, 0.25) is 5.02 Å². The molecule has 0 aliphatic rings. The number of carboxylic acid groups (broad SMARTS) is 1. The molecule has 0 unspecified atom stereocenters. The van der Waals surface area contributed by atoms with Crippen molar-refractivity contribution in [2.75, 3.05) is 20.9 Å². The number of carboxylic acids is 1. The first kappa shape index (κ1) is 29.6. The van der Waals surface area contributed by atoms with E-state index < -0.39 is 38.5 Å². The topological polar surface area (TPSA) is 150 Å². The van der Waals surface area contributed by atoms with Crippen LogP contribution in [-0.4, -0.2) is 40.4 Å². The first-order valence-electron chi connectivity index (χ1n) is 12.0. The van der Waals surface area contributed by atoms with E-state index in [-0.39, 0.29) is 38.3 Å². The van der Waals surface area contributed by atoms with Gasteiger partial charge < -0.3 is 10.4 Å². The number of benzene rings is 4. The lowest BCUT2D eigenvalue weighted by molar-refractivity contribution is -0.135. The first-order valence-corrected chi connectivity index (χ1v) is 15.5. The monoisotopic (exact) mass is 613 g/mol. The number of nitrogens with one attached hydrogen (secondary N) is 2. The second-order valence-electron chi connectivity index (χ2n) is 8.79. The molecule has 1 amide bonds. The van der Waals surface area contributed by atoms with Gasteiger partial charge in [-0.25, -0.2) is 16.8 Å². The SMILES string of the molecule is O=C(O)CN(c1cccc(Cl)c1)S(=O)(=O)c1cccc(NC(=O)c2ccc(NS(=O)(=O)Cc3ccccc3)cc2)c1. The Labute approximate surface area is 242 Å². The third kappa shape index (κ3) is 7.84. The molecular weight excluding hydrogens is 590 g/mol. The second-order valence-corrected chi connectivity index (χ2v) is 12.8. The number of nitrogens with zero attached hydrogens (tertiary/aromatic N) is 1. The molecule has 0 aliphatic carbocycles. The summed E-state index contributed by atoms with van der Waals surface area (Å²) in [5, 5.41) is 12.2. The van der Waals surface area contributed by atoms with E-state index in [1.165, 1.54) is 72.8 Å². The van der Waals surface area contributed by atoms with Gasteiger partial charge in [-0.2, -0.15) is 0 Å². The van der Waals surface area contributed by atoms with Gasteiger partial charge in [0.1, 0.15) is 6.54 Å². The van der Waals surface area contributed by atoms with Crippen molar-refractivity contribution < 1.29 is 31.5 Å². The van der Waals surface area contributed by atoms with Crippen molar-refractivity contribution in [1.29, 1.82) is 0 Å². The number of amides is 1. The molecular formula is C28H24ClN3O7S2. The van der Waals surface area contributed by atoms with Crippen molar-refractivity contribution in [1.82, 2.24) is 0 Å². The number of anilines is 3. The van der Waals surface area contributed by atoms with Crippen molar-refractivity contribution in [2.24, 2.45) is 0 Å². The van der Waals surface area contributed by atoms with E-state index in [1.54, 1.807) is 30.3 Å². The summed E-state index contributed by atoms with van der Waals surface area (Å²) < 4.78 is 54.9. The highest BCUT2D eigenvalue weighted by Crippen LogP contribution is 2.27. The number of carbonyl (C=O) groups is 2. The lowest BCUT2D eigenvalue weighted by atomic mass is 10.2. The Hall–Kier alpha value is -4.39. The van der Waals surface area contributed by atoms with Gasteiger partial charge in [0.15, 0.2) is 0 Å². The van der Waals surface area contributed by atoms with Crippen molar-refractivity contribution in [3.8, 4) is 0 Å². The third-order valence-corrected chi connectivity index (χ3v) is 8.94. The number of aliphatic carboxylic acids is 1. The van der Waals surface area contributed by atoms with Crippen LogP contribution in [0.4, 0.5) is 17.1 Å². The molecule has 4 aromatic carbocycles. The average molecular weight is 614 g/mol. The van der Waals surface area contributed by atoms with Crippen LogP contribution in [-0.2, 0) is 30.6 Å². The molecule has 0 fully saturated rings. The molecule has 41 heavy (non-hydrogen) atoms. The highest BCUT2D eigenvalue weighted by Gasteiger charge is 2.27. The molecule has 0 spiro atoms. The van der Waals surface area contributed by atoms with Crippen LogP contribution in [0.15, 0.2) is 108 Å².